The average molecular weight is 369 g/mol. The number of aryl methyl sites for hydroxylation is 1. The summed E-state index contributed by atoms with van der Waals surface area (Å²) in [4.78, 5) is 28.8. The molecule has 0 saturated carbocycles. The fourth-order valence-corrected chi connectivity index (χ4v) is 2.54. The first kappa shape index (κ1) is 20.4. The molecule has 2 N–H and O–H groups in total. The highest BCUT2D eigenvalue weighted by Crippen LogP contribution is 2.11. The monoisotopic (exact) mass is 369 g/mol. The molecule has 6 nitrogen and oxygen atoms in total. The maximum atomic E-state index is 12.5. The predicted octanol–water partition coefficient (Wildman–Crippen LogP) is 2.62. The van der Waals surface area contributed by atoms with Crippen molar-refractivity contribution in [2.24, 2.45) is 5.92 Å². The molecule has 0 radical (unpaired) electrons. The number of benzene rings is 1. The second kappa shape index (κ2) is 10.3. The number of rotatable bonds is 9. The van der Waals surface area contributed by atoms with Gasteiger partial charge in [0.25, 0.3) is 5.91 Å². The second-order valence-electron chi connectivity index (χ2n) is 6.93. The minimum absolute atomic E-state index is 0.131. The number of ether oxygens (including phenoxy) is 1. The van der Waals surface area contributed by atoms with E-state index in [1.54, 1.807) is 12.4 Å². The van der Waals surface area contributed by atoms with Gasteiger partial charge in [-0.3, -0.25) is 14.6 Å². The molecule has 1 atom stereocenters. The Morgan fingerprint density at radius 3 is 2.52 bits per heavy atom. The average Bonchev–Trinajstić information content (AvgIpc) is 2.65. The van der Waals surface area contributed by atoms with Crippen molar-refractivity contribution in [3.05, 3.63) is 59.9 Å². The molecule has 27 heavy (non-hydrogen) atoms. The smallest absolute Gasteiger partial charge is 0.258 e. The quantitative estimate of drug-likeness (QED) is 0.712. The molecular formula is C21H27N3O3. The van der Waals surface area contributed by atoms with Crippen LogP contribution < -0.4 is 15.4 Å². The van der Waals surface area contributed by atoms with Gasteiger partial charge in [0, 0.05) is 18.9 Å². The van der Waals surface area contributed by atoms with E-state index in [0.29, 0.717) is 18.7 Å². The van der Waals surface area contributed by atoms with Crippen LogP contribution in [0.3, 0.4) is 0 Å². The van der Waals surface area contributed by atoms with Crippen molar-refractivity contribution >= 4 is 11.8 Å². The maximum Gasteiger partial charge on any atom is 0.258 e. The highest BCUT2D eigenvalue weighted by Gasteiger charge is 2.22. The van der Waals surface area contributed by atoms with E-state index in [1.807, 2.05) is 57.2 Å². The van der Waals surface area contributed by atoms with E-state index in [2.05, 4.69) is 15.6 Å². The lowest BCUT2D eigenvalue weighted by molar-refractivity contribution is -0.130. The van der Waals surface area contributed by atoms with E-state index in [1.165, 1.54) is 0 Å². The zero-order chi connectivity index (χ0) is 19.6. The summed E-state index contributed by atoms with van der Waals surface area (Å²) in [6.07, 6.45) is 3.93. The molecule has 0 aliphatic carbocycles. The Kier molecular flexibility index (Phi) is 7.79. The summed E-state index contributed by atoms with van der Waals surface area (Å²) in [5.41, 5.74) is 2.03. The summed E-state index contributed by atoms with van der Waals surface area (Å²) < 4.78 is 5.49. The molecule has 0 spiro atoms. The van der Waals surface area contributed by atoms with E-state index < -0.39 is 6.04 Å². The van der Waals surface area contributed by atoms with Gasteiger partial charge in [-0.05, 0) is 43.0 Å². The standard InChI is InChI=1S/C21H27N3O3/c1-15(2)11-19(21(26)23-13-17-5-4-10-22-12-17)24-20(25)14-27-18-8-6-16(3)7-9-18/h4-10,12,15,19H,11,13-14H2,1-3H3,(H,23,26)(H,24,25)/t19-/m0/s1. The van der Waals surface area contributed by atoms with Crippen LogP contribution in [0.25, 0.3) is 0 Å². The van der Waals surface area contributed by atoms with Crippen molar-refractivity contribution in [1.29, 1.82) is 0 Å². The van der Waals surface area contributed by atoms with Gasteiger partial charge < -0.3 is 15.4 Å². The molecule has 0 aliphatic heterocycles. The van der Waals surface area contributed by atoms with E-state index in [0.717, 1.165) is 11.1 Å². The van der Waals surface area contributed by atoms with Crippen molar-refractivity contribution in [2.75, 3.05) is 6.61 Å². The van der Waals surface area contributed by atoms with Crippen molar-refractivity contribution in [1.82, 2.24) is 15.6 Å². The van der Waals surface area contributed by atoms with E-state index in [9.17, 15) is 9.59 Å². The third-order valence-corrected chi connectivity index (χ3v) is 3.94. The van der Waals surface area contributed by atoms with Crippen LogP contribution in [0, 0.1) is 12.8 Å². The Bertz CT molecular complexity index is 730. The Morgan fingerprint density at radius 2 is 1.89 bits per heavy atom. The highest BCUT2D eigenvalue weighted by atomic mass is 16.5. The number of hydrogen-bond donors (Lipinski definition) is 2. The summed E-state index contributed by atoms with van der Waals surface area (Å²) in [6, 6.07) is 10.6. The number of hydrogen-bond acceptors (Lipinski definition) is 4. The first-order chi connectivity index (χ1) is 12.9. The van der Waals surface area contributed by atoms with Gasteiger partial charge in [0.2, 0.25) is 5.91 Å². The lowest BCUT2D eigenvalue weighted by Crippen LogP contribution is -2.48. The van der Waals surface area contributed by atoms with Crippen molar-refractivity contribution in [2.45, 2.75) is 39.8 Å². The van der Waals surface area contributed by atoms with E-state index in [-0.39, 0.29) is 24.3 Å². The molecule has 0 aliphatic rings. The zero-order valence-electron chi connectivity index (χ0n) is 16.1. The van der Waals surface area contributed by atoms with Crippen LogP contribution >= 0.6 is 0 Å². The molecular weight excluding hydrogens is 342 g/mol. The summed E-state index contributed by atoms with van der Waals surface area (Å²) >= 11 is 0. The summed E-state index contributed by atoms with van der Waals surface area (Å²) in [5.74, 6) is 0.351. The molecule has 2 amide bonds. The SMILES string of the molecule is Cc1ccc(OCC(=O)N[C@@H](CC(C)C)C(=O)NCc2cccnc2)cc1. The number of nitrogens with zero attached hydrogens (tertiary/aromatic N) is 1. The zero-order valence-corrected chi connectivity index (χ0v) is 16.1. The Hall–Kier alpha value is -2.89. The molecule has 0 bridgehead atoms. The van der Waals surface area contributed by atoms with Crippen LogP contribution in [0.4, 0.5) is 0 Å². The molecule has 0 saturated heterocycles. The van der Waals surface area contributed by atoms with Gasteiger partial charge in [0.15, 0.2) is 6.61 Å². The number of pyridine rings is 1. The van der Waals surface area contributed by atoms with Gasteiger partial charge in [0.1, 0.15) is 11.8 Å². The molecule has 0 unspecified atom stereocenters. The molecule has 1 aromatic heterocycles. The van der Waals surface area contributed by atoms with Crippen LogP contribution in [-0.4, -0.2) is 29.4 Å². The topological polar surface area (TPSA) is 80.3 Å². The lowest BCUT2D eigenvalue weighted by Gasteiger charge is -2.20. The predicted molar refractivity (Wildman–Crippen MR) is 104 cm³/mol. The van der Waals surface area contributed by atoms with Crippen LogP contribution in [0.2, 0.25) is 0 Å². The Labute approximate surface area is 160 Å². The lowest BCUT2D eigenvalue weighted by atomic mass is 10.0. The number of amides is 2. The highest BCUT2D eigenvalue weighted by molar-refractivity contribution is 5.88. The van der Waals surface area contributed by atoms with Gasteiger partial charge in [-0.15, -0.1) is 0 Å². The molecule has 1 aromatic carbocycles. The Morgan fingerprint density at radius 1 is 1.15 bits per heavy atom. The van der Waals surface area contributed by atoms with Crippen LogP contribution in [0.1, 0.15) is 31.4 Å². The van der Waals surface area contributed by atoms with Gasteiger partial charge in [-0.2, -0.15) is 0 Å². The van der Waals surface area contributed by atoms with Crippen molar-refractivity contribution < 1.29 is 14.3 Å². The fourth-order valence-electron chi connectivity index (χ4n) is 2.54. The normalized spacial score (nSPS) is 11.7. The maximum absolute atomic E-state index is 12.5. The third kappa shape index (κ3) is 7.48. The molecule has 144 valence electrons. The number of carbonyl (C=O) groups is 2. The first-order valence-corrected chi connectivity index (χ1v) is 9.09. The molecule has 0 fully saturated rings. The molecule has 2 aromatic rings. The van der Waals surface area contributed by atoms with Crippen LogP contribution in [-0.2, 0) is 16.1 Å². The minimum Gasteiger partial charge on any atom is -0.484 e. The number of aromatic nitrogens is 1. The van der Waals surface area contributed by atoms with Gasteiger partial charge >= 0.3 is 0 Å². The molecule has 1 heterocycles. The van der Waals surface area contributed by atoms with Crippen LogP contribution in [0.5, 0.6) is 5.75 Å². The van der Waals surface area contributed by atoms with Crippen LogP contribution in [0.15, 0.2) is 48.8 Å². The summed E-state index contributed by atoms with van der Waals surface area (Å²) in [5, 5.41) is 5.63. The van der Waals surface area contributed by atoms with Gasteiger partial charge in [-0.25, -0.2) is 0 Å². The van der Waals surface area contributed by atoms with E-state index in [4.69, 9.17) is 4.74 Å². The minimum atomic E-state index is -0.601. The van der Waals surface area contributed by atoms with E-state index >= 15 is 0 Å². The molecule has 6 heteroatoms. The van der Waals surface area contributed by atoms with Gasteiger partial charge in [-0.1, -0.05) is 37.6 Å². The summed E-state index contributed by atoms with van der Waals surface area (Å²) in [6.45, 7) is 6.24. The fraction of sp³-hybridized carbons (Fsp3) is 0.381. The van der Waals surface area contributed by atoms with Crippen molar-refractivity contribution in [3.63, 3.8) is 0 Å². The van der Waals surface area contributed by atoms with Gasteiger partial charge in [0.05, 0.1) is 0 Å². The molecule has 2 rings (SSSR count). The summed E-state index contributed by atoms with van der Waals surface area (Å²) in [7, 11) is 0. The first-order valence-electron chi connectivity index (χ1n) is 9.09. The number of nitrogens with one attached hydrogen (secondary N) is 2. The van der Waals surface area contributed by atoms with Crippen molar-refractivity contribution in [3.8, 4) is 5.75 Å². The largest absolute Gasteiger partial charge is 0.484 e. The number of carbonyl (C=O) groups excluding carboxylic acids is 2. The Balaban J connectivity index is 1.87. The second-order valence-corrected chi connectivity index (χ2v) is 6.93. The third-order valence-electron chi connectivity index (χ3n) is 3.94.